The van der Waals surface area contributed by atoms with Gasteiger partial charge < -0.3 is 14.9 Å². The van der Waals surface area contributed by atoms with Crippen LogP contribution >= 0.6 is 0 Å². The van der Waals surface area contributed by atoms with E-state index < -0.39 is 0 Å². The third kappa shape index (κ3) is 3.93. The molecule has 0 amide bonds. The largest absolute Gasteiger partial charge is 0.508 e. The topological polar surface area (TPSA) is 49.7 Å². The molecule has 2 N–H and O–H groups in total. The molecule has 0 saturated heterocycles. The van der Waals surface area contributed by atoms with E-state index in [1.165, 1.54) is 12.1 Å². The van der Waals surface area contributed by atoms with Crippen LogP contribution in [0.3, 0.4) is 0 Å². The zero-order valence-corrected chi connectivity index (χ0v) is 10.9. The first-order valence-corrected chi connectivity index (χ1v) is 6.00. The van der Waals surface area contributed by atoms with Gasteiger partial charge in [-0.15, -0.1) is 0 Å². The summed E-state index contributed by atoms with van der Waals surface area (Å²) in [5, 5.41) is 19.6. The molecular weight excluding hydrogens is 228 g/mol. The molecule has 0 spiro atoms. The monoisotopic (exact) mass is 248 g/mol. The second-order valence-electron chi connectivity index (χ2n) is 3.99. The van der Waals surface area contributed by atoms with E-state index in [2.05, 4.69) is 0 Å². The predicted molar refractivity (Wildman–Crippen MR) is 72.8 cm³/mol. The lowest BCUT2D eigenvalue weighted by Crippen LogP contribution is -1.97. The quantitative estimate of drug-likeness (QED) is 0.600. The molecule has 1 aromatic carbocycles. The Morgan fingerprint density at radius 2 is 1.78 bits per heavy atom. The zero-order valence-electron chi connectivity index (χ0n) is 10.9. The molecule has 0 radical (unpaired) electrons. The molecule has 0 heterocycles. The van der Waals surface area contributed by atoms with Gasteiger partial charge in [0.2, 0.25) is 0 Å². The van der Waals surface area contributed by atoms with Crippen molar-refractivity contribution in [2.24, 2.45) is 0 Å². The van der Waals surface area contributed by atoms with Gasteiger partial charge in [-0.3, -0.25) is 0 Å². The van der Waals surface area contributed by atoms with Crippen LogP contribution in [0.1, 0.15) is 24.5 Å². The minimum Gasteiger partial charge on any atom is -0.508 e. The highest BCUT2D eigenvalue weighted by Gasteiger charge is 2.11. The van der Waals surface area contributed by atoms with Gasteiger partial charge in [0.1, 0.15) is 11.5 Å². The van der Waals surface area contributed by atoms with Gasteiger partial charge in [-0.05, 0) is 31.9 Å². The fraction of sp³-hybridized carbons (Fsp3) is 0.333. The van der Waals surface area contributed by atoms with Gasteiger partial charge in [0.15, 0.2) is 0 Å². The Hall–Kier alpha value is -1.74. The Morgan fingerprint density at radius 3 is 2.39 bits per heavy atom. The standard InChI is InChI=1S/C15H20O3/c1-3-4-5-6-7-8-12-13(11-18-2)15(17)10-9-14(12)16/h3-6,9-10,16-17H,7-8,11H2,1-2H3/b4-3+,6-5+. The lowest BCUT2D eigenvalue weighted by atomic mass is 10.0. The maximum absolute atomic E-state index is 9.84. The molecule has 0 aliphatic heterocycles. The number of hydrogen-bond donors (Lipinski definition) is 2. The molecule has 0 aliphatic carbocycles. The smallest absolute Gasteiger partial charge is 0.121 e. The van der Waals surface area contributed by atoms with E-state index in [4.69, 9.17) is 4.74 Å². The second-order valence-corrected chi connectivity index (χ2v) is 3.99. The molecule has 1 aromatic rings. The van der Waals surface area contributed by atoms with Crippen molar-refractivity contribution in [3.8, 4) is 11.5 Å². The van der Waals surface area contributed by atoms with E-state index in [9.17, 15) is 10.2 Å². The van der Waals surface area contributed by atoms with Crippen molar-refractivity contribution < 1.29 is 14.9 Å². The van der Waals surface area contributed by atoms with E-state index >= 15 is 0 Å². The third-order valence-corrected chi connectivity index (χ3v) is 2.67. The molecule has 0 aliphatic rings. The van der Waals surface area contributed by atoms with Crippen LogP contribution in [0.4, 0.5) is 0 Å². The molecule has 98 valence electrons. The van der Waals surface area contributed by atoms with Crippen molar-refractivity contribution in [2.75, 3.05) is 7.11 Å². The van der Waals surface area contributed by atoms with Crippen molar-refractivity contribution in [2.45, 2.75) is 26.4 Å². The van der Waals surface area contributed by atoms with Crippen molar-refractivity contribution in [3.63, 3.8) is 0 Å². The zero-order chi connectivity index (χ0) is 13.4. The molecule has 0 saturated carbocycles. The average Bonchev–Trinajstić information content (AvgIpc) is 2.36. The minimum atomic E-state index is 0.169. The van der Waals surface area contributed by atoms with Gasteiger partial charge in [0.05, 0.1) is 6.61 Å². The minimum absolute atomic E-state index is 0.169. The van der Waals surface area contributed by atoms with Crippen LogP contribution < -0.4 is 0 Å². The van der Waals surface area contributed by atoms with Crippen LogP contribution in [0.5, 0.6) is 11.5 Å². The highest BCUT2D eigenvalue weighted by molar-refractivity contribution is 5.47. The molecule has 3 heteroatoms. The number of aromatic hydroxyl groups is 2. The van der Waals surface area contributed by atoms with Gasteiger partial charge in [-0.1, -0.05) is 24.3 Å². The van der Waals surface area contributed by atoms with Crippen LogP contribution in [-0.2, 0) is 17.8 Å². The van der Waals surface area contributed by atoms with Crippen LogP contribution in [0.15, 0.2) is 36.4 Å². The lowest BCUT2D eigenvalue weighted by Gasteiger charge is -2.12. The molecule has 0 atom stereocenters. The van der Waals surface area contributed by atoms with Gasteiger partial charge >= 0.3 is 0 Å². The van der Waals surface area contributed by atoms with Gasteiger partial charge in [0.25, 0.3) is 0 Å². The van der Waals surface area contributed by atoms with Crippen LogP contribution in [-0.4, -0.2) is 17.3 Å². The number of benzene rings is 1. The summed E-state index contributed by atoms with van der Waals surface area (Å²) in [6.07, 6.45) is 9.39. The van der Waals surface area contributed by atoms with E-state index in [1.54, 1.807) is 7.11 Å². The van der Waals surface area contributed by atoms with Crippen molar-refractivity contribution in [1.82, 2.24) is 0 Å². The van der Waals surface area contributed by atoms with Crippen molar-refractivity contribution in [3.05, 3.63) is 47.6 Å². The van der Waals surface area contributed by atoms with Crippen LogP contribution in [0.2, 0.25) is 0 Å². The average molecular weight is 248 g/mol. The Morgan fingerprint density at radius 1 is 1.11 bits per heavy atom. The summed E-state index contributed by atoms with van der Waals surface area (Å²) in [6, 6.07) is 3.00. The molecule has 1 rings (SSSR count). The predicted octanol–water partition coefficient (Wildman–Crippen LogP) is 3.31. The summed E-state index contributed by atoms with van der Waals surface area (Å²) in [4.78, 5) is 0. The number of ether oxygens (including phenoxy) is 1. The number of allylic oxidation sites excluding steroid dienone is 4. The van der Waals surface area contributed by atoms with Crippen molar-refractivity contribution >= 4 is 0 Å². The molecule has 0 bridgehead atoms. The Labute approximate surface area is 108 Å². The summed E-state index contributed by atoms with van der Waals surface area (Å²) in [7, 11) is 1.57. The summed E-state index contributed by atoms with van der Waals surface area (Å²) < 4.78 is 5.05. The number of phenols is 2. The van der Waals surface area contributed by atoms with Gasteiger partial charge in [0, 0.05) is 18.2 Å². The highest BCUT2D eigenvalue weighted by atomic mass is 16.5. The fourth-order valence-electron chi connectivity index (χ4n) is 1.77. The number of rotatable bonds is 6. The van der Waals surface area contributed by atoms with E-state index in [0.29, 0.717) is 18.6 Å². The van der Waals surface area contributed by atoms with E-state index in [0.717, 1.165) is 12.0 Å². The van der Waals surface area contributed by atoms with Gasteiger partial charge in [-0.2, -0.15) is 0 Å². The first-order chi connectivity index (χ1) is 8.70. The normalized spacial score (nSPS) is 11.7. The van der Waals surface area contributed by atoms with Crippen LogP contribution in [0, 0.1) is 0 Å². The summed E-state index contributed by atoms with van der Waals surface area (Å²) in [6.45, 7) is 2.26. The summed E-state index contributed by atoms with van der Waals surface area (Å²) in [5.41, 5.74) is 1.42. The fourth-order valence-corrected chi connectivity index (χ4v) is 1.77. The van der Waals surface area contributed by atoms with Crippen LogP contribution in [0.25, 0.3) is 0 Å². The third-order valence-electron chi connectivity index (χ3n) is 2.67. The maximum atomic E-state index is 9.84. The Kier molecular flexibility index (Phi) is 6.01. The molecule has 3 nitrogen and oxygen atoms in total. The number of methoxy groups -OCH3 is 1. The summed E-state index contributed by atoms with van der Waals surface area (Å²) >= 11 is 0. The van der Waals surface area contributed by atoms with E-state index in [-0.39, 0.29) is 11.5 Å². The second kappa shape index (κ2) is 7.56. The number of hydrogen-bond acceptors (Lipinski definition) is 3. The van der Waals surface area contributed by atoms with Crippen molar-refractivity contribution in [1.29, 1.82) is 0 Å². The summed E-state index contributed by atoms with van der Waals surface area (Å²) in [5.74, 6) is 0.376. The lowest BCUT2D eigenvalue weighted by molar-refractivity contribution is 0.181. The molecule has 0 fully saturated rings. The number of phenolic OH excluding ortho intramolecular Hbond substituents is 2. The SMILES string of the molecule is C/C=C/C=C/CCc1c(O)ccc(O)c1COC. The highest BCUT2D eigenvalue weighted by Crippen LogP contribution is 2.30. The first kappa shape index (κ1) is 14.3. The molecule has 0 aromatic heterocycles. The maximum Gasteiger partial charge on any atom is 0.121 e. The molecule has 0 unspecified atom stereocenters. The first-order valence-electron chi connectivity index (χ1n) is 6.00. The Bertz CT molecular complexity index is 434. The molecule has 18 heavy (non-hydrogen) atoms. The van der Waals surface area contributed by atoms with Gasteiger partial charge in [-0.25, -0.2) is 0 Å². The Balaban J connectivity index is 2.82. The van der Waals surface area contributed by atoms with E-state index in [1.807, 2.05) is 31.2 Å². The molecular formula is C15H20O3.